The highest BCUT2D eigenvalue weighted by molar-refractivity contribution is 5.75. The van der Waals surface area contributed by atoms with Crippen molar-refractivity contribution >= 4 is 11.8 Å². The number of carbonyl (C=O) groups is 1. The molecule has 2 amide bonds. The van der Waals surface area contributed by atoms with E-state index in [1.807, 2.05) is 18.7 Å². The Morgan fingerprint density at radius 1 is 0.973 bits per heavy atom. The van der Waals surface area contributed by atoms with Crippen LogP contribution in [0.2, 0.25) is 0 Å². The van der Waals surface area contributed by atoms with Gasteiger partial charge < -0.3 is 15.1 Å². The molecular formula is C28H34F3N5O. The standard InChI is InChI=1S/C28H34F3N5O/c1-17-18(2)32-24(22-4-3-5-23(13-22)28(29,30)31)33-25(17)35-6-8-36(9-7-35)26(37)34-27-14-19-10-20(15-27)12-21(11-19)16-27/h3-5,13,19-21H,6-12,14-16H2,1-2H3,(H,34,37). The van der Waals surface area contributed by atoms with Gasteiger partial charge in [0.1, 0.15) is 5.82 Å². The van der Waals surface area contributed by atoms with E-state index in [0.717, 1.165) is 66.2 Å². The number of urea groups is 1. The van der Waals surface area contributed by atoms with Gasteiger partial charge in [-0.15, -0.1) is 0 Å². The van der Waals surface area contributed by atoms with Crippen molar-refractivity contribution < 1.29 is 18.0 Å². The van der Waals surface area contributed by atoms with Crippen molar-refractivity contribution in [2.24, 2.45) is 17.8 Å². The maximum atomic E-state index is 13.3. The van der Waals surface area contributed by atoms with E-state index in [2.05, 4.69) is 15.2 Å². The minimum atomic E-state index is -4.42. The first kappa shape index (κ1) is 24.5. The molecule has 1 N–H and O–H groups in total. The number of halogens is 3. The molecule has 1 aromatic carbocycles. The molecule has 1 saturated heterocycles. The summed E-state index contributed by atoms with van der Waals surface area (Å²) in [5.74, 6) is 3.34. The summed E-state index contributed by atoms with van der Waals surface area (Å²) < 4.78 is 39.8. The molecule has 4 saturated carbocycles. The van der Waals surface area contributed by atoms with Gasteiger partial charge in [0.2, 0.25) is 0 Å². The number of nitrogens with one attached hydrogen (secondary N) is 1. The second-order valence-electron chi connectivity index (χ2n) is 11.8. The topological polar surface area (TPSA) is 61.4 Å². The number of benzene rings is 1. The molecule has 0 spiro atoms. The molecule has 198 valence electrons. The van der Waals surface area contributed by atoms with Gasteiger partial charge in [-0.3, -0.25) is 0 Å². The summed E-state index contributed by atoms with van der Waals surface area (Å²) >= 11 is 0. The summed E-state index contributed by atoms with van der Waals surface area (Å²) in [5, 5.41) is 3.47. The van der Waals surface area contributed by atoms with Crippen molar-refractivity contribution in [1.29, 1.82) is 0 Å². The monoisotopic (exact) mass is 513 g/mol. The van der Waals surface area contributed by atoms with E-state index in [1.165, 1.54) is 25.3 Å². The third-order valence-corrected chi connectivity index (χ3v) is 9.09. The number of rotatable bonds is 3. The summed E-state index contributed by atoms with van der Waals surface area (Å²) in [7, 11) is 0. The van der Waals surface area contributed by atoms with Crippen molar-refractivity contribution in [3.05, 3.63) is 41.1 Å². The normalized spacial score (nSPS) is 29.1. The highest BCUT2D eigenvalue weighted by Crippen LogP contribution is 2.55. The minimum Gasteiger partial charge on any atom is -0.353 e. The van der Waals surface area contributed by atoms with Crippen LogP contribution in [0.25, 0.3) is 11.4 Å². The van der Waals surface area contributed by atoms with Gasteiger partial charge in [-0.25, -0.2) is 14.8 Å². The van der Waals surface area contributed by atoms with Gasteiger partial charge in [0.25, 0.3) is 0 Å². The first-order chi connectivity index (χ1) is 17.6. The summed E-state index contributed by atoms with van der Waals surface area (Å²) in [5.41, 5.74) is 1.25. The molecule has 9 heteroatoms. The molecule has 2 heterocycles. The number of amides is 2. The van der Waals surface area contributed by atoms with Gasteiger partial charge >= 0.3 is 12.2 Å². The Morgan fingerprint density at radius 2 is 1.59 bits per heavy atom. The molecule has 37 heavy (non-hydrogen) atoms. The maximum Gasteiger partial charge on any atom is 0.416 e. The van der Waals surface area contributed by atoms with Crippen molar-refractivity contribution in [1.82, 2.24) is 20.2 Å². The van der Waals surface area contributed by atoms with Crippen LogP contribution in [-0.2, 0) is 6.18 Å². The number of anilines is 1. The van der Waals surface area contributed by atoms with Crippen LogP contribution in [0, 0.1) is 31.6 Å². The van der Waals surface area contributed by atoms with Crippen LogP contribution in [-0.4, -0.2) is 52.6 Å². The molecule has 1 aromatic heterocycles. The summed E-state index contributed by atoms with van der Waals surface area (Å²) in [4.78, 5) is 26.5. The summed E-state index contributed by atoms with van der Waals surface area (Å²) in [6.07, 6.45) is 2.98. The number of aryl methyl sites for hydroxylation is 1. The smallest absolute Gasteiger partial charge is 0.353 e. The van der Waals surface area contributed by atoms with Gasteiger partial charge in [0, 0.05) is 48.5 Å². The molecule has 6 nitrogen and oxygen atoms in total. The van der Waals surface area contributed by atoms with Gasteiger partial charge in [0.15, 0.2) is 5.82 Å². The molecule has 1 aliphatic heterocycles. The summed E-state index contributed by atoms with van der Waals surface area (Å²) in [6.45, 7) is 6.19. The third kappa shape index (κ3) is 4.66. The average Bonchev–Trinajstić information content (AvgIpc) is 2.84. The molecule has 4 aliphatic carbocycles. The van der Waals surface area contributed by atoms with E-state index in [1.54, 1.807) is 6.07 Å². The Labute approximate surface area is 215 Å². The number of aromatic nitrogens is 2. The molecule has 0 radical (unpaired) electrons. The third-order valence-electron chi connectivity index (χ3n) is 9.09. The van der Waals surface area contributed by atoms with E-state index in [-0.39, 0.29) is 17.4 Å². The van der Waals surface area contributed by atoms with Crippen LogP contribution in [0.15, 0.2) is 24.3 Å². The minimum absolute atomic E-state index is 0.0107. The first-order valence-corrected chi connectivity index (χ1v) is 13.4. The van der Waals surface area contributed by atoms with Crippen molar-refractivity contribution in [2.75, 3.05) is 31.1 Å². The van der Waals surface area contributed by atoms with Crippen LogP contribution in [0.3, 0.4) is 0 Å². The first-order valence-electron chi connectivity index (χ1n) is 13.4. The van der Waals surface area contributed by atoms with E-state index in [4.69, 9.17) is 4.98 Å². The molecule has 2 aromatic rings. The van der Waals surface area contributed by atoms with Crippen LogP contribution in [0.5, 0.6) is 0 Å². The fraction of sp³-hybridized carbons (Fsp3) is 0.607. The Balaban J connectivity index is 1.15. The molecule has 5 aliphatic rings. The van der Waals surface area contributed by atoms with Gasteiger partial charge in [-0.1, -0.05) is 12.1 Å². The Bertz CT molecular complexity index is 1170. The van der Waals surface area contributed by atoms with Gasteiger partial charge in [0.05, 0.1) is 5.56 Å². The highest BCUT2D eigenvalue weighted by atomic mass is 19.4. The van der Waals surface area contributed by atoms with Crippen molar-refractivity contribution in [3.63, 3.8) is 0 Å². The number of hydrogen-bond donors (Lipinski definition) is 1. The highest BCUT2D eigenvalue weighted by Gasteiger charge is 2.52. The van der Waals surface area contributed by atoms with Gasteiger partial charge in [-0.05, 0) is 82.3 Å². The fourth-order valence-corrected chi connectivity index (χ4v) is 7.58. The SMILES string of the molecule is Cc1nc(-c2cccc(C(F)(F)F)c2)nc(N2CCN(C(=O)NC34CC5CC(CC(C5)C3)C4)CC2)c1C. The molecule has 0 atom stereocenters. The zero-order chi connectivity index (χ0) is 25.9. The van der Waals surface area contributed by atoms with Gasteiger partial charge in [-0.2, -0.15) is 13.2 Å². The maximum absolute atomic E-state index is 13.3. The lowest BCUT2D eigenvalue weighted by molar-refractivity contribution is -0.137. The molecular weight excluding hydrogens is 479 g/mol. The zero-order valence-corrected chi connectivity index (χ0v) is 21.4. The second kappa shape index (κ2) is 8.88. The molecule has 4 bridgehead atoms. The predicted octanol–water partition coefficient (Wildman–Crippen LogP) is 5.58. The second-order valence-corrected chi connectivity index (χ2v) is 11.8. The number of piperazine rings is 1. The number of carbonyl (C=O) groups excluding carboxylic acids is 1. The number of hydrogen-bond acceptors (Lipinski definition) is 4. The summed E-state index contributed by atoms with van der Waals surface area (Å²) in [6, 6.07) is 5.19. The fourth-order valence-electron chi connectivity index (χ4n) is 7.58. The largest absolute Gasteiger partial charge is 0.416 e. The Kier molecular flexibility index (Phi) is 5.88. The molecule has 0 unspecified atom stereocenters. The zero-order valence-electron chi connectivity index (χ0n) is 21.4. The van der Waals surface area contributed by atoms with Crippen LogP contribution in [0.4, 0.5) is 23.8 Å². The Morgan fingerprint density at radius 3 is 2.19 bits per heavy atom. The number of nitrogens with zero attached hydrogens (tertiary/aromatic N) is 4. The molecule has 7 rings (SSSR count). The number of alkyl halides is 3. The molecule has 5 fully saturated rings. The average molecular weight is 514 g/mol. The van der Waals surface area contributed by atoms with E-state index in [9.17, 15) is 18.0 Å². The van der Waals surface area contributed by atoms with E-state index in [0.29, 0.717) is 31.7 Å². The quantitative estimate of drug-likeness (QED) is 0.582. The van der Waals surface area contributed by atoms with Crippen LogP contribution >= 0.6 is 0 Å². The predicted molar refractivity (Wildman–Crippen MR) is 135 cm³/mol. The van der Waals surface area contributed by atoms with Crippen molar-refractivity contribution in [2.45, 2.75) is 64.1 Å². The van der Waals surface area contributed by atoms with E-state index >= 15 is 0 Å². The van der Waals surface area contributed by atoms with E-state index < -0.39 is 11.7 Å². The lowest BCUT2D eigenvalue weighted by atomic mass is 9.53. The Hall–Kier alpha value is -2.84. The van der Waals surface area contributed by atoms with Crippen LogP contribution in [0.1, 0.15) is 55.3 Å². The van der Waals surface area contributed by atoms with Crippen LogP contribution < -0.4 is 10.2 Å². The lowest BCUT2D eigenvalue weighted by Gasteiger charge is -2.57. The van der Waals surface area contributed by atoms with Crippen molar-refractivity contribution in [3.8, 4) is 11.4 Å². The lowest BCUT2D eigenvalue weighted by Crippen LogP contribution is -2.63.